The van der Waals surface area contributed by atoms with Crippen LogP contribution < -0.4 is 15.6 Å². The van der Waals surface area contributed by atoms with Gasteiger partial charge in [0.2, 0.25) is 11.7 Å². The molecule has 0 bridgehead atoms. The van der Waals surface area contributed by atoms with Crippen LogP contribution in [0.3, 0.4) is 0 Å². The average molecular weight is 425 g/mol. The van der Waals surface area contributed by atoms with E-state index >= 15 is 0 Å². The molecule has 0 aliphatic carbocycles. The van der Waals surface area contributed by atoms with E-state index in [-0.39, 0.29) is 29.8 Å². The molecule has 3 aromatic rings. The second-order valence-electron chi connectivity index (χ2n) is 5.91. The minimum absolute atomic E-state index is 0.0361. The lowest BCUT2D eigenvalue weighted by Crippen LogP contribution is -2.16. The maximum absolute atomic E-state index is 12.7. The van der Waals surface area contributed by atoms with Crippen molar-refractivity contribution in [1.82, 2.24) is 19.9 Å². The van der Waals surface area contributed by atoms with Crippen LogP contribution in [0.4, 0.5) is 19.1 Å². The van der Waals surface area contributed by atoms with Crippen molar-refractivity contribution in [2.75, 3.05) is 17.6 Å². The van der Waals surface area contributed by atoms with Crippen LogP contribution in [0.5, 0.6) is 5.75 Å². The van der Waals surface area contributed by atoms with Gasteiger partial charge in [0.05, 0.1) is 18.2 Å². The summed E-state index contributed by atoms with van der Waals surface area (Å²) >= 11 is 1.30. The smallest absolute Gasteiger partial charge is 0.435 e. The number of thioether (sulfide) groups is 1. The van der Waals surface area contributed by atoms with Crippen molar-refractivity contribution in [3.8, 4) is 5.75 Å². The molecule has 3 rings (SSSR count). The summed E-state index contributed by atoms with van der Waals surface area (Å²) in [5.41, 5.74) is -0.348. The van der Waals surface area contributed by atoms with Gasteiger partial charge in [0.15, 0.2) is 5.69 Å². The Kier molecular flexibility index (Phi) is 6.81. The lowest BCUT2D eigenvalue weighted by molar-refractivity contribution is -0.141. The lowest BCUT2D eigenvalue weighted by Gasteiger charge is -2.08. The monoisotopic (exact) mass is 425 g/mol. The summed E-state index contributed by atoms with van der Waals surface area (Å²) in [7, 11) is 0. The van der Waals surface area contributed by atoms with Gasteiger partial charge in [0.25, 0.3) is 5.56 Å². The molecular weight excluding hydrogens is 407 g/mol. The molecule has 11 heteroatoms. The SMILES string of the molecule is O=c1[nH]c(NCCSCc2[nH]cnc2C(F)(F)F)ncc1OCc1ccccc1. The van der Waals surface area contributed by atoms with Crippen molar-refractivity contribution >= 4 is 17.7 Å². The topological polar surface area (TPSA) is 95.7 Å². The van der Waals surface area contributed by atoms with Gasteiger partial charge in [-0.15, -0.1) is 0 Å². The minimum Gasteiger partial charge on any atom is -0.482 e. The molecule has 7 nitrogen and oxygen atoms in total. The number of H-pyrrole nitrogens is 2. The molecule has 2 heterocycles. The third kappa shape index (κ3) is 6.01. The quantitative estimate of drug-likeness (QED) is 0.455. The van der Waals surface area contributed by atoms with Gasteiger partial charge in [-0.3, -0.25) is 9.78 Å². The van der Waals surface area contributed by atoms with Crippen LogP contribution in [-0.2, 0) is 18.5 Å². The number of imidazole rings is 1. The first kappa shape index (κ1) is 20.8. The van der Waals surface area contributed by atoms with Crippen molar-refractivity contribution in [3.63, 3.8) is 0 Å². The Hall–Kier alpha value is -2.95. The van der Waals surface area contributed by atoms with E-state index in [1.54, 1.807) is 0 Å². The standard InChI is InChI=1S/C18H18F3N5O2S/c19-18(20,21)15-13(24-11-25-15)10-29-7-6-22-17-23-8-14(16(27)26-17)28-9-12-4-2-1-3-5-12/h1-5,8,11H,6-7,9-10H2,(H,24,25)(H2,22,23,26,27). The summed E-state index contributed by atoms with van der Waals surface area (Å²) < 4.78 is 43.7. The van der Waals surface area contributed by atoms with Gasteiger partial charge in [0, 0.05) is 18.1 Å². The predicted octanol–water partition coefficient (Wildman–Crippen LogP) is 3.44. The number of ether oxygens (including phenoxy) is 1. The summed E-state index contributed by atoms with van der Waals surface area (Å²) in [6.45, 7) is 0.663. The Morgan fingerprint density at radius 1 is 1.17 bits per heavy atom. The molecule has 2 aromatic heterocycles. The number of aromatic amines is 2. The maximum Gasteiger partial charge on any atom is 0.435 e. The Morgan fingerprint density at radius 2 is 1.97 bits per heavy atom. The maximum atomic E-state index is 12.7. The first-order valence-corrected chi connectivity index (χ1v) is 9.76. The Bertz CT molecular complexity index is 975. The van der Waals surface area contributed by atoms with E-state index in [2.05, 4.69) is 25.3 Å². The zero-order valence-corrected chi connectivity index (χ0v) is 15.9. The third-order valence-corrected chi connectivity index (χ3v) is 4.76. The van der Waals surface area contributed by atoms with Crippen molar-refractivity contribution in [2.45, 2.75) is 18.5 Å². The van der Waals surface area contributed by atoms with Crippen LogP contribution in [0.1, 0.15) is 17.0 Å². The lowest BCUT2D eigenvalue weighted by atomic mass is 10.2. The van der Waals surface area contributed by atoms with Gasteiger partial charge in [-0.2, -0.15) is 24.9 Å². The number of rotatable bonds is 9. The molecule has 0 atom stereocenters. The number of halogens is 3. The highest BCUT2D eigenvalue weighted by atomic mass is 32.2. The highest BCUT2D eigenvalue weighted by Crippen LogP contribution is 2.31. The highest BCUT2D eigenvalue weighted by molar-refractivity contribution is 7.98. The Balaban J connectivity index is 1.43. The molecular formula is C18H18F3N5O2S. The van der Waals surface area contributed by atoms with Gasteiger partial charge < -0.3 is 15.0 Å². The number of benzene rings is 1. The molecule has 0 aliphatic rings. The molecule has 0 saturated heterocycles. The molecule has 154 valence electrons. The highest BCUT2D eigenvalue weighted by Gasteiger charge is 2.35. The third-order valence-electron chi connectivity index (χ3n) is 3.78. The van der Waals surface area contributed by atoms with Gasteiger partial charge in [-0.05, 0) is 5.56 Å². The van der Waals surface area contributed by atoms with Crippen LogP contribution in [0.2, 0.25) is 0 Å². The van der Waals surface area contributed by atoms with E-state index < -0.39 is 17.4 Å². The number of anilines is 1. The van der Waals surface area contributed by atoms with Crippen LogP contribution >= 0.6 is 11.8 Å². The summed E-state index contributed by atoms with van der Waals surface area (Å²) in [5, 5.41) is 2.92. The fourth-order valence-corrected chi connectivity index (χ4v) is 3.22. The molecule has 1 aromatic carbocycles. The van der Waals surface area contributed by atoms with Gasteiger partial charge >= 0.3 is 6.18 Å². The number of nitrogens with one attached hydrogen (secondary N) is 3. The molecule has 0 unspecified atom stereocenters. The number of hydrogen-bond donors (Lipinski definition) is 3. The van der Waals surface area contributed by atoms with Crippen molar-refractivity contribution in [1.29, 1.82) is 0 Å². The number of alkyl halides is 3. The van der Waals surface area contributed by atoms with Crippen molar-refractivity contribution in [2.24, 2.45) is 0 Å². The van der Waals surface area contributed by atoms with Gasteiger partial charge in [-0.1, -0.05) is 30.3 Å². The molecule has 0 radical (unpaired) electrons. The first-order chi connectivity index (χ1) is 13.9. The zero-order valence-electron chi connectivity index (χ0n) is 15.1. The normalized spacial score (nSPS) is 11.4. The fourth-order valence-electron chi connectivity index (χ4n) is 2.40. The predicted molar refractivity (Wildman–Crippen MR) is 104 cm³/mol. The van der Waals surface area contributed by atoms with E-state index in [4.69, 9.17) is 4.74 Å². The van der Waals surface area contributed by atoms with Crippen LogP contribution in [-0.4, -0.2) is 32.2 Å². The van der Waals surface area contributed by atoms with E-state index in [9.17, 15) is 18.0 Å². The average Bonchev–Trinajstić information content (AvgIpc) is 3.17. The number of nitrogens with zero attached hydrogens (tertiary/aromatic N) is 2. The molecule has 0 fully saturated rings. The zero-order chi connectivity index (χ0) is 20.7. The molecule has 0 saturated carbocycles. The largest absolute Gasteiger partial charge is 0.482 e. The second-order valence-corrected chi connectivity index (χ2v) is 7.01. The van der Waals surface area contributed by atoms with E-state index in [1.807, 2.05) is 30.3 Å². The van der Waals surface area contributed by atoms with E-state index in [1.165, 1.54) is 18.0 Å². The molecule has 0 spiro atoms. The molecule has 0 aliphatic heterocycles. The van der Waals surface area contributed by atoms with Crippen LogP contribution in [0.15, 0.2) is 47.7 Å². The summed E-state index contributed by atoms with van der Waals surface area (Å²) in [6, 6.07) is 9.41. The Morgan fingerprint density at radius 3 is 2.69 bits per heavy atom. The number of hydrogen-bond acceptors (Lipinski definition) is 6. The first-order valence-electron chi connectivity index (χ1n) is 8.60. The molecule has 3 N–H and O–H groups in total. The van der Waals surface area contributed by atoms with Crippen LogP contribution in [0, 0.1) is 0 Å². The van der Waals surface area contributed by atoms with Gasteiger partial charge in [0.1, 0.15) is 6.61 Å². The number of aromatic nitrogens is 4. The minimum atomic E-state index is -4.47. The van der Waals surface area contributed by atoms with E-state index in [0.717, 1.165) is 11.9 Å². The van der Waals surface area contributed by atoms with Gasteiger partial charge in [-0.25, -0.2) is 9.97 Å². The Labute approximate surface area is 168 Å². The molecule has 0 amide bonds. The van der Waals surface area contributed by atoms with E-state index in [0.29, 0.717) is 12.3 Å². The summed E-state index contributed by atoms with van der Waals surface area (Å²) in [4.78, 5) is 24.5. The second kappa shape index (κ2) is 9.50. The van der Waals surface area contributed by atoms with Crippen molar-refractivity contribution < 1.29 is 17.9 Å². The summed E-state index contributed by atoms with van der Waals surface area (Å²) in [6.07, 6.45) is -2.10. The van der Waals surface area contributed by atoms with Crippen LogP contribution in [0.25, 0.3) is 0 Å². The fraction of sp³-hybridized carbons (Fsp3) is 0.278. The van der Waals surface area contributed by atoms with Crippen molar-refractivity contribution in [3.05, 3.63) is 70.2 Å². The molecule has 29 heavy (non-hydrogen) atoms. The summed E-state index contributed by atoms with van der Waals surface area (Å²) in [5.74, 6) is 1.02.